The van der Waals surface area contributed by atoms with E-state index >= 15 is 0 Å². The molecule has 3 N–H and O–H groups in total. The molecule has 5 nitrogen and oxygen atoms in total. The lowest BCUT2D eigenvalue weighted by atomic mass is 10.2. The molecule has 0 aromatic carbocycles. The molecule has 0 spiro atoms. The Bertz CT molecular complexity index is 393. The van der Waals surface area contributed by atoms with Crippen molar-refractivity contribution in [3.8, 4) is 11.5 Å². The molecule has 0 amide bonds. The van der Waals surface area contributed by atoms with Crippen molar-refractivity contribution in [1.29, 1.82) is 0 Å². The van der Waals surface area contributed by atoms with Crippen LogP contribution in [0.2, 0.25) is 0 Å². The average molecular weight is 206 g/mol. The van der Waals surface area contributed by atoms with Crippen molar-refractivity contribution >= 4 is 0 Å². The first-order valence-electron chi connectivity index (χ1n) is 5.06. The summed E-state index contributed by atoms with van der Waals surface area (Å²) in [6, 6.07) is 3.81. The smallest absolute Gasteiger partial charge is 0.227 e. The lowest BCUT2D eigenvalue weighted by molar-refractivity contribution is 0.375. The molecule has 2 heterocycles. The number of aryl methyl sites for hydroxylation is 1. The Morgan fingerprint density at radius 1 is 1.40 bits per heavy atom. The fourth-order valence-corrected chi connectivity index (χ4v) is 1.36. The van der Waals surface area contributed by atoms with Crippen LogP contribution in [0.3, 0.4) is 0 Å². The van der Waals surface area contributed by atoms with Crippen LogP contribution in [0.5, 0.6) is 0 Å². The van der Waals surface area contributed by atoms with Gasteiger partial charge in [0.1, 0.15) is 0 Å². The number of nitrogens with one attached hydrogen (secondary N) is 1. The van der Waals surface area contributed by atoms with E-state index in [-0.39, 0.29) is 0 Å². The minimum Gasteiger partial charge on any atom is -0.359 e. The van der Waals surface area contributed by atoms with Gasteiger partial charge in [-0.3, -0.25) is 0 Å². The number of H-pyrrole nitrogens is 1. The second-order valence-corrected chi connectivity index (χ2v) is 3.34. The summed E-state index contributed by atoms with van der Waals surface area (Å²) in [6.45, 7) is 0.706. The highest BCUT2D eigenvalue weighted by molar-refractivity contribution is 5.47. The topological polar surface area (TPSA) is 80.7 Å². The number of hydrogen-bond donors (Lipinski definition) is 2. The normalized spacial score (nSPS) is 10.7. The van der Waals surface area contributed by atoms with Crippen LogP contribution in [0, 0.1) is 0 Å². The summed E-state index contributed by atoms with van der Waals surface area (Å²) < 4.78 is 5.11. The minimum absolute atomic E-state index is 0.614. The van der Waals surface area contributed by atoms with Crippen LogP contribution >= 0.6 is 0 Å². The number of rotatable bonds is 5. The average Bonchev–Trinajstić information content (AvgIpc) is 2.87. The number of unbranched alkanes of at least 4 members (excludes halogenated alkanes) is 1. The first-order chi connectivity index (χ1) is 7.40. The van der Waals surface area contributed by atoms with Crippen molar-refractivity contribution in [3.63, 3.8) is 0 Å². The molecule has 0 radical (unpaired) electrons. The second-order valence-electron chi connectivity index (χ2n) is 3.34. The lowest BCUT2D eigenvalue weighted by Gasteiger charge is -1.91. The van der Waals surface area contributed by atoms with Gasteiger partial charge in [0.05, 0.1) is 5.69 Å². The van der Waals surface area contributed by atoms with Crippen molar-refractivity contribution in [2.45, 2.75) is 19.3 Å². The number of aromatic nitrogens is 3. The molecule has 0 atom stereocenters. The Morgan fingerprint density at radius 2 is 2.33 bits per heavy atom. The summed E-state index contributed by atoms with van der Waals surface area (Å²) in [6.07, 6.45) is 4.60. The predicted octanol–water partition coefficient (Wildman–Crippen LogP) is 1.35. The van der Waals surface area contributed by atoms with Crippen LogP contribution in [-0.4, -0.2) is 21.7 Å². The number of nitrogens with zero attached hydrogens (tertiary/aromatic N) is 2. The van der Waals surface area contributed by atoms with Crippen LogP contribution in [0.1, 0.15) is 18.7 Å². The molecular weight excluding hydrogens is 192 g/mol. The van der Waals surface area contributed by atoms with E-state index in [0.29, 0.717) is 18.3 Å². The highest BCUT2D eigenvalue weighted by Crippen LogP contribution is 2.13. The first-order valence-corrected chi connectivity index (χ1v) is 5.06. The molecule has 80 valence electrons. The second kappa shape index (κ2) is 4.75. The Morgan fingerprint density at radius 3 is 3.07 bits per heavy atom. The maximum Gasteiger partial charge on any atom is 0.227 e. The van der Waals surface area contributed by atoms with Crippen molar-refractivity contribution in [3.05, 3.63) is 24.2 Å². The van der Waals surface area contributed by atoms with E-state index in [0.717, 1.165) is 25.0 Å². The molecule has 0 saturated carbocycles. The molecule has 0 saturated heterocycles. The van der Waals surface area contributed by atoms with Crippen LogP contribution in [0.4, 0.5) is 0 Å². The third-order valence-corrected chi connectivity index (χ3v) is 2.15. The van der Waals surface area contributed by atoms with Gasteiger partial charge in [0, 0.05) is 12.6 Å². The zero-order chi connectivity index (χ0) is 10.5. The SMILES string of the molecule is NCCCCc1nc(-c2ccc[nH]2)no1. The van der Waals surface area contributed by atoms with Gasteiger partial charge in [-0.05, 0) is 31.5 Å². The van der Waals surface area contributed by atoms with Crippen molar-refractivity contribution in [1.82, 2.24) is 15.1 Å². The van der Waals surface area contributed by atoms with Crippen LogP contribution in [-0.2, 0) is 6.42 Å². The van der Waals surface area contributed by atoms with Gasteiger partial charge in [-0.1, -0.05) is 5.16 Å². The van der Waals surface area contributed by atoms with Crippen molar-refractivity contribution in [2.75, 3.05) is 6.54 Å². The van der Waals surface area contributed by atoms with Gasteiger partial charge >= 0.3 is 0 Å². The highest BCUT2D eigenvalue weighted by atomic mass is 16.5. The number of aromatic amines is 1. The molecule has 0 aliphatic heterocycles. The van der Waals surface area contributed by atoms with E-state index in [4.69, 9.17) is 10.3 Å². The van der Waals surface area contributed by atoms with Gasteiger partial charge in [-0.2, -0.15) is 4.98 Å². The molecule has 2 aromatic rings. The summed E-state index contributed by atoms with van der Waals surface area (Å²) >= 11 is 0. The fourth-order valence-electron chi connectivity index (χ4n) is 1.36. The van der Waals surface area contributed by atoms with Gasteiger partial charge in [-0.25, -0.2) is 0 Å². The molecular formula is C10H14N4O. The molecule has 0 aliphatic rings. The van der Waals surface area contributed by atoms with E-state index in [9.17, 15) is 0 Å². The van der Waals surface area contributed by atoms with E-state index in [2.05, 4.69) is 15.1 Å². The summed E-state index contributed by atoms with van der Waals surface area (Å²) in [5, 5.41) is 3.89. The Balaban J connectivity index is 1.98. The van der Waals surface area contributed by atoms with E-state index in [1.807, 2.05) is 18.3 Å². The zero-order valence-electron chi connectivity index (χ0n) is 8.44. The molecule has 2 rings (SSSR count). The Labute approximate surface area is 87.7 Å². The summed E-state index contributed by atoms with van der Waals surface area (Å²) in [5.74, 6) is 1.29. The van der Waals surface area contributed by atoms with Gasteiger partial charge in [0.25, 0.3) is 0 Å². The highest BCUT2D eigenvalue weighted by Gasteiger charge is 2.07. The van der Waals surface area contributed by atoms with Gasteiger partial charge < -0.3 is 15.2 Å². The molecule has 0 bridgehead atoms. The maximum atomic E-state index is 5.40. The number of hydrogen-bond acceptors (Lipinski definition) is 4. The molecule has 2 aromatic heterocycles. The van der Waals surface area contributed by atoms with E-state index < -0.39 is 0 Å². The summed E-state index contributed by atoms with van der Waals surface area (Å²) in [5.41, 5.74) is 6.28. The third kappa shape index (κ3) is 2.44. The van der Waals surface area contributed by atoms with Gasteiger partial charge in [0.2, 0.25) is 11.7 Å². The van der Waals surface area contributed by atoms with E-state index in [1.165, 1.54) is 0 Å². The predicted molar refractivity (Wildman–Crippen MR) is 56.1 cm³/mol. The molecule has 15 heavy (non-hydrogen) atoms. The maximum absolute atomic E-state index is 5.40. The Kier molecular flexibility index (Phi) is 3.14. The zero-order valence-corrected chi connectivity index (χ0v) is 8.44. The molecule has 0 aliphatic carbocycles. The van der Waals surface area contributed by atoms with Crippen molar-refractivity contribution in [2.24, 2.45) is 5.73 Å². The molecule has 0 unspecified atom stereocenters. The monoisotopic (exact) mass is 206 g/mol. The summed E-state index contributed by atoms with van der Waals surface area (Å²) in [7, 11) is 0. The van der Waals surface area contributed by atoms with Crippen LogP contribution in [0.15, 0.2) is 22.9 Å². The lowest BCUT2D eigenvalue weighted by Crippen LogP contribution is -1.99. The molecule has 0 fully saturated rings. The number of nitrogens with two attached hydrogens (primary N) is 1. The minimum atomic E-state index is 0.614. The van der Waals surface area contributed by atoms with Gasteiger partial charge in [0.15, 0.2) is 0 Å². The largest absolute Gasteiger partial charge is 0.359 e. The van der Waals surface area contributed by atoms with Crippen LogP contribution < -0.4 is 5.73 Å². The van der Waals surface area contributed by atoms with Crippen LogP contribution in [0.25, 0.3) is 11.5 Å². The third-order valence-electron chi connectivity index (χ3n) is 2.15. The first kappa shape index (κ1) is 9.92. The quantitative estimate of drug-likeness (QED) is 0.723. The molecule has 5 heteroatoms. The van der Waals surface area contributed by atoms with Crippen molar-refractivity contribution < 1.29 is 4.52 Å². The fraction of sp³-hybridized carbons (Fsp3) is 0.400. The summed E-state index contributed by atoms with van der Waals surface area (Å²) in [4.78, 5) is 7.30. The standard InChI is InChI=1S/C10H14N4O/c11-6-2-1-5-9-13-10(14-15-9)8-4-3-7-12-8/h3-4,7,12H,1-2,5-6,11H2. The van der Waals surface area contributed by atoms with E-state index in [1.54, 1.807) is 0 Å². The Hall–Kier alpha value is -1.62. The van der Waals surface area contributed by atoms with Gasteiger partial charge in [-0.15, -0.1) is 0 Å².